The zero-order valence-corrected chi connectivity index (χ0v) is 22.5. The summed E-state index contributed by atoms with van der Waals surface area (Å²) in [5.74, 6) is 0.967. The number of nitrogens with two attached hydrogens (primary N) is 1. The molecule has 1 heterocycles. The highest BCUT2D eigenvalue weighted by molar-refractivity contribution is 5.98. The van der Waals surface area contributed by atoms with Gasteiger partial charge in [-0.15, -0.1) is 5.10 Å². The molecule has 0 fully saturated rings. The van der Waals surface area contributed by atoms with Crippen molar-refractivity contribution < 1.29 is 23.4 Å². The normalized spacial score (nSPS) is 18.1. The second-order valence-electron chi connectivity index (χ2n) is 9.88. The smallest absolute Gasteiger partial charge is 0.306 e. The highest BCUT2D eigenvalue weighted by Gasteiger charge is 2.32. The van der Waals surface area contributed by atoms with E-state index in [4.69, 9.17) is 19.9 Å². The molecule has 1 aliphatic carbocycles. The van der Waals surface area contributed by atoms with Crippen molar-refractivity contribution in [2.45, 2.75) is 45.1 Å². The molecule has 3 aromatic carbocycles. The summed E-state index contributed by atoms with van der Waals surface area (Å²) >= 11 is 0. The van der Waals surface area contributed by atoms with Gasteiger partial charge in [0.05, 0.1) is 27.2 Å². The number of fused-ring (bicyclic) bond motifs is 2. The van der Waals surface area contributed by atoms with Crippen molar-refractivity contribution in [3.8, 4) is 22.6 Å². The van der Waals surface area contributed by atoms with E-state index in [1.54, 1.807) is 0 Å². The third-order valence-corrected chi connectivity index (χ3v) is 7.41. The van der Waals surface area contributed by atoms with E-state index in [1.165, 1.54) is 20.2 Å². The molecule has 202 valence electrons. The lowest BCUT2D eigenvalue weighted by Gasteiger charge is -2.19. The molecule has 5 rings (SSSR count). The summed E-state index contributed by atoms with van der Waals surface area (Å²) in [7, 11) is 2.91. The van der Waals surface area contributed by atoms with Gasteiger partial charge >= 0.3 is 5.97 Å². The number of esters is 1. The van der Waals surface area contributed by atoms with Crippen molar-refractivity contribution in [3.63, 3.8) is 0 Å². The van der Waals surface area contributed by atoms with E-state index in [1.807, 2.05) is 50.2 Å². The van der Waals surface area contributed by atoms with Crippen LogP contribution in [0, 0.1) is 19.7 Å². The van der Waals surface area contributed by atoms with E-state index in [-0.39, 0.29) is 30.0 Å². The Kier molecular flexibility index (Phi) is 7.32. The van der Waals surface area contributed by atoms with Crippen LogP contribution in [-0.4, -0.2) is 32.6 Å². The largest absolute Gasteiger partial charge is 0.492 e. The number of rotatable bonds is 7. The Morgan fingerprint density at radius 3 is 2.64 bits per heavy atom. The van der Waals surface area contributed by atoms with Gasteiger partial charge in [-0.3, -0.25) is 4.79 Å². The van der Waals surface area contributed by atoms with E-state index >= 15 is 4.39 Å². The van der Waals surface area contributed by atoms with Gasteiger partial charge in [0.2, 0.25) is 0 Å². The van der Waals surface area contributed by atoms with Gasteiger partial charge in [0.1, 0.15) is 23.4 Å². The van der Waals surface area contributed by atoms with Crippen molar-refractivity contribution in [1.82, 2.24) is 0 Å². The Morgan fingerprint density at radius 1 is 1.15 bits per heavy atom. The molecule has 2 N–H and O–H groups in total. The molecule has 39 heavy (non-hydrogen) atoms. The van der Waals surface area contributed by atoms with Crippen LogP contribution in [0.25, 0.3) is 11.1 Å². The number of halogens is 1. The fourth-order valence-electron chi connectivity index (χ4n) is 5.66. The molecule has 1 aliphatic heterocycles. The number of nitrogens with zero attached hydrogens (tertiary/aromatic N) is 3. The summed E-state index contributed by atoms with van der Waals surface area (Å²) in [6.45, 7) is 4.43. The number of amidine groups is 1. The first-order chi connectivity index (χ1) is 18.8. The molecular formula is C30H31FN4O4. The van der Waals surface area contributed by atoms with Gasteiger partial charge in [-0.2, -0.15) is 5.11 Å². The van der Waals surface area contributed by atoms with Crippen molar-refractivity contribution in [3.05, 3.63) is 81.7 Å². The third-order valence-electron chi connectivity index (χ3n) is 7.41. The van der Waals surface area contributed by atoms with Crippen LogP contribution < -0.4 is 15.2 Å². The van der Waals surface area contributed by atoms with Crippen molar-refractivity contribution in [2.24, 2.45) is 21.2 Å². The molecule has 8 nitrogen and oxygen atoms in total. The van der Waals surface area contributed by atoms with Gasteiger partial charge in [0.15, 0.2) is 5.84 Å². The molecule has 0 unspecified atom stereocenters. The van der Waals surface area contributed by atoms with E-state index < -0.39 is 6.10 Å². The first kappa shape index (κ1) is 26.3. The predicted molar refractivity (Wildman–Crippen MR) is 146 cm³/mol. The molecular weight excluding hydrogens is 499 g/mol. The van der Waals surface area contributed by atoms with E-state index in [2.05, 4.69) is 15.4 Å². The second kappa shape index (κ2) is 10.8. The number of carbonyl (C=O) groups excluding carboxylic acids is 1. The molecule has 0 bridgehead atoms. The number of ether oxygens (including phenoxy) is 3. The maximum Gasteiger partial charge on any atom is 0.306 e. The van der Waals surface area contributed by atoms with Crippen LogP contribution in [0.5, 0.6) is 11.5 Å². The molecule has 0 radical (unpaired) electrons. The molecule has 9 heteroatoms. The summed E-state index contributed by atoms with van der Waals surface area (Å²) in [5.41, 5.74) is 13.4. The lowest BCUT2D eigenvalue weighted by Crippen LogP contribution is -2.13. The Bertz CT molecular complexity index is 1480. The molecule has 3 aromatic rings. The van der Waals surface area contributed by atoms with Gasteiger partial charge in [-0.25, -0.2) is 4.39 Å². The molecule has 0 amide bonds. The quantitative estimate of drug-likeness (QED) is 0.134. The third kappa shape index (κ3) is 5.08. The van der Waals surface area contributed by atoms with Crippen LogP contribution >= 0.6 is 0 Å². The van der Waals surface area contributed by atoms with Crippen LogP contribution in [0.4, 0.5) is 4.39 Å². The maximum atomic E-state index is 15.3. The minimum Gasteiger partial charge on any atom is -0.492 e. The molecule has 0 spiro atoms. The average molecular weight is 531 g/mol. The average Bonchev–Trinajstić information content (AvgIpc) is 3.52. The second-order valence-corrected chi connectivity index (χ2v) is 9.88. The van der Waals surface area contributed by atoms with Gasteiger partial charge in [0.25, 0.3) is 0 Å². The Balaban J connectivity index is 1.43. The Hall–Kier alpha value is -4.27. The number of hydrogen-bond acceptors (Lipinski definition) is 6. The van der Waals surface area contributed by atoms with Gasteiger partial charge in [0, 0.05) is 28.7 Å². The van der Waals surface area contributed by atoms with E-state index in [0.717, 1.165) is 38.9 Å². The first-order valence-corrected chi connectivity index (χ1v) is 12.9. The molecule has 0 saturated carbocycles. The monoisotopic (exact) mass is 530 g/mol. The van der Waals surface area contributed by atoms with E-state index in [9.17, 15) is 4.79 Å². The van der Waals surface area contributed by atoms with E-state index in [0.29, 0.717) is 36.5 Å². The fraction of sp³-hybridized carbons (Fsp3) is 0.333. The summed E-state index contributed by atoms with van der Waals surface area (Å²) < 4.78 is 32.2. The zero-order chi connectivity index (χ0) is 27.7. The standard InChI is InChI=1S/C30H31FN4O4/c1-16-11-18(30(32)34-35-33-3)12-17(2)28(16)22-7-9-24(31)29-23(22)8-10-25(29)39-20-5-6-21-19(13-27(36)37-4)15-38-26(21)14-20/h5-7,9,11-12,14,19,25H,8,10,13,15H2,1-4H3,(H2,32,33,34)/t19-,25-/m1/s1. The van der Waals surface area contributed by atoms with Gasteiger partial charge < -0.3 is 19.9 Å². The number of carbonyl (C=O) groups is 1. The summed E-state index contributed by atoms with van der Waals surface area (Å²) in [5, 5.41) is 11.2. The van der Waals surface area contributed by atoms with Gasteiger partial charge in [-0.1, -0.05) is 12.1 Å². The predicted octanol–water partition coefficient (Wildman–Crippen LogP) is 5.92. The lowest BCUT2D eigenvalue weighted by atomic mass is 9.89. The molecule has 2 aliphatic rings. The van der Waals surface area contributed by atoms with Gasteiger partial charge in [-0.05, 0) is 84.0 Å². The SMILES string of the molecule is CN=N/N=C(\N)c1cc(C)c(-c2ccc(F)c3c2CC[C@H]3Oc2ccc3c(c2)OC[C@H]3CC(=O)OC)c(C)c1. The minimum atomic E-state index is -0.424. The minimum absolute atomic E-state index is 0.0516. The summed E-state index contributed by atoms with van der Waals surface area (Å²) in [6, 6.07) is 12.9. The van der Waals surface area contributed by atoms with Crippen molar-refractivity contribution in [1.29, 1.82) is 0 Å². The fourth-order valence-corrected chi connectivity index (χ4v) is 5.66. The Labute approximate surface area is 226 Å². The summed E-state index contributed by atoms with van der Waals surface area (Å²) in [4.78, 5) is 11.7. The Morgan fingerprint density at radius 2 is 1.92 bits per heavy atom. The van der Waals surface area contributed by atoms with Crippen LogP contribution in [0.1, 0.15) is 58.2 Å². The van der Waals surface area contributed by atoms with Crippen LogP contribution in [-0.2, 0) is 16.0 Å². The number of aryl methyl sites for hydroxylation is 2. The van der Waals surface area contributed by atoms with Crippen LogP contribution in [0.3, 0.4) is 0 Å². The topological polar surface area (TPSA) is 108 Å². The highest BCUT2D eigenvalue weighted by Crippen LogP contribution is 2.45. The molecule has 2 atom stereocenters. The first-order valence-electron chi connectivity index (χ1n) is 12.9. The van der Waals surface area contributed by atoms with Crippen molar-refractivity contribution >= 4 is 11.8 Å². The number of methoxy groups -OCH3 is 1. The van der Waals surface area contributed by atoms with Crippen LogP contribution in [0.2, 0.25) is 0 Å². The number of benzene rings is 3. The summed E-state index contributed by atoms with van der Waals surface area (Å²) in [6.07, 6.45) is 1.18. The number of hydrogen-bond donors (Lipinski definition) is 1. The highest BCUT2D eigenvalue weighted by atomic mass is 19.1. The maximum absolute atomic E-state index is 15.3. The van der Waals surface area contributed by atoms with Crippen molar-refractivity contribution in [2.75, 3.05) is 20.8 Å². The lowest BCUT2D eigenvalue weighted by molar-refractivity contribution is -0.141. The molecule has 0 aromatic heterocycles. The van der Waals surface area contributed by atoms with Crippen LogP contribution in [0.15, 0.2) is 57.9 Å². The molecule has 0 saturated heterocycles. The zero-order valence-electron chi connectivity index (χ0n) is 22.5.